The summed E-state index contributed by atoms with van der Waals surface area (Å²) in [4.78, 5) is 32.7. The lowest BCUT2D eigenvalue weighted by Crippen LogP contribution is -2.16. The zero-order valence-electron chi connectivity index (χ0n) is 16.8. The third kappa shape index (κ3) is 5.38. The first-order valence-electron chi connectivity index (χ1n) is 9.19. The summed E-state index contributed by atoms with van der Waals surface area (Å²) >= 11 is 0. The van der Waals surface area contributed by atoms with E-state index in [0.717, 1.165) is 16.8 Å². The summed E-state index contributed by atoms with van der Waals surface area (Å²) in [5.41, 5.74) is 5.06. The van der Waals surface area contributed by atoms with Crippen LogP contribution >= 0.6 is 0 Å². The third-order valence-corrected chi connectivity index (χ3v) is 4.17. The SMILES string of the molecule is CC(=O)Nc1cccc(Nc2nc(C)cc(C(=O)Nc3cc(C)ccc3C)n2)c1. The normalized spacial score (nSPS) is 10.3. The molecule has 0 bridgehead atoms. The number of benzene rings is 2. The minimum absolute atomic E-state index is 0.153. The van der Waals surface area contributed by atoms with E-state index in [1.165, 1.54) is 6.92 Å². The number of aromatic nitrogens is 2. The highest BCUT2D eigenvalue weighted by Crippen LogP contribution is 2.20. The molecule has 29 heavy (non-hydrogen) atoms. The van der Waals surface area contributed by atoms with Gasteiger partial charge in [0.05, 0.1) is 0 Å². The van der Waals surface area contributed by atoms with Crippen molar-refractivity contribution in [2.45, 2.75) is 27.7 Å². The molecule has 0 unspecified atom stereocenters. The molecule has 1 aromatic heterocycles. The molecule has 0 atom stereocenters. The summed E-state index contributed by atoms with van der Waals surface area (Å²) < 4.78 is 0. The summed E-state index contributed by atoms with van der Waals surface area (Å²) in [5.74, 6) is -0.158. The molecule has 0 aliphatic carbocycles. The predicted octanol–water partition coefficient (Wildman–Crippen LogP) is 4.36. The monoisotopic (exact) mass is 389 g/mol. The smallest absolute Gasteiger partial charge is 0.274 e. The number of nitrogens with zero attached hydrogens (tertiary/aromatic N) is 2. The van der Waals surface area contributed by atoms with Crippen molar-refractivity contribution in [1.82, 2.24) is 9.97 Å². The minimum atomic E-state index is -0.306. The van der Waals surface area contributed by atoms with Crippen LogP contribution in [0.4, 0.5) is 23.0 Å². The highest BCUT2D eigenvalue weighted by atomic mass is 16.2. The number of nitrogens with one attached hydrogen (secondary N) is 3. The van der Waals surface area contributed by atoms with Crippen LogP contribution in [0.25, 0.3) is 0 Å². The van der Waals surface area contributed by atoms with E-state index in [-0.39, 0.29) is 17.5 Å². The van der Waals surface area contributed by atoms with Crippen LogP contribution in [0.15, 0.2) is 48.5 Å². The van der Waals surface area contributed by atoms with Gasteiger partial charge < -0.3 is 16.0 Å². The fraction of sp³-hybridized carbons (Fsp3) is 0.182. The first-order chi connectivity index (χ1) is 13.8. The van der Waals surface area contributed by atoms with Crippen molar-refractivity contribution in [1.29, 1.82) is 0 Å². The molecule has 0 spiro atoms. The van der Waals surface area contributed by atoms with E-state index in [0.29, 0.717) is 23.0 Å². The number of rotatable bonds is 5. The van der Waals surface area contributed by atoms with Crippen LogP contribution < -0.4 is 16.0 Å². The van der Waals surface area contributed by atoms with Gasteiger partial charge in [0, 0.05) is 29.7 Å². The lowest BCUT2D eigenvalue weighted by Gasteiger charge is -2.11. The van der Waals surface area contributed by atoms with Crippen LogP contribution in [-0.2, 0) is 4.79 Å². The molecular weight excluding hydrogens is 366 g/mol. The third-order valence-electron chi connectivity index (χ3n) is 4.17. The first-order valence-corrected chi connectivity index (χ1v) is 9.19. The van der Waals surface area contributed by atoms with Gasteiger partial charge in [-0.1, -0.05) is 18.2 Å². The van der Waals surface area contributed by atoms with E-state index in [1.807, 2.05) is 38.1 Å². The molecule has 0 saturated carbocycles. The van der Waals surface area contributed by atoms with Crippen LogP contribution in [-0.4, -0.2) is 21.8 Å². The Balaban J connectivity index is 1.82. The van der Waals surface area contributed by atoms with Gasteiger partial charge in [0.1, 0.15) is 5.69 Å². The fourth-order valence-corrected chi connectivity index (χ4v) is 2.80. The second-order valence-corrected chi connectivity index (χ2v) is 6.88. The van der Waals surface area contributed by atoms with Crippen molar-refractivity contribution in [3.63, 3.8) is 0 Å². The lowest BCUT2D eigenvalue weighted by atomic mass is 10.1. The van der Waals surface area contributed by atoms with Crippen LogP contribution in [0.2, 0.25) is 0 Å². The molecule has 7 heteroatoms. The van der Waals surface area contributed by atoms with E-state index < -0.39 is 0 Å². The molecule has 3 N–H and O–H groups in total. The first kappa shape index (κ1) is 20.0. The van der Waals surface area contributed by atoms with Crippen molar-refractivity contribution in [3.05, 3.63) is 71.0 Å². The predicted molar refractivity (Wildman–Crippen MR) is 115 cm³/mol. The molecule has 0 saturated heterocycles. The molecule has 0 aliphatic rings. The number of carbonyl (C=O) groups excluding carboxylic acids is 2. The molecule has 2 amide bonds. The summed E-state index contributed by atoms with van der Waals surface area (Å²) in [5, 5.41) is 8.72. The molecule has 148 valence electrons. The quantitative estimate of drug-likeness (QED) is 0.603. The van der Waals surface area contributed by atoms with Crippen molar-refractivity contribution in [2.24, 2.45) is 0 Å². The van der Waals surface area contributed by atoms with Crippen molar-refractivity contribution < 1.29 is 9.59 Å². The Morgan fingerprint density at radius 2 is 1.62 bits per heavy atom. The Morgan fingerprint density at radius 3 is 2.38 bits per heavy atom. The number of hydrogen-bond acceptors (Lipinski definition) is 5. The second-order valence-electron chi connectivity index (χ2n) is 6.88. The van der Waals surface area contributed by atoms with Gasteiger partial charge in [-0.25, -0.2) is 9.97 Å². The average molecular weight is 389 g/mol. The van der Waals surface area contributed by atoms with Gasteiger partial charge in [0.15, 0.2) is 0 Å². The second kappa shape index (κ2) is 8.52. The van der Waals surface area contributed by atoms with Gasteiger partial charge in [0.2, 0.25) is 11.9 Å². The van der Waals surface area contributed by atoms with Gasteiger partial charge in [-0.3, -0.25) is 9.59 Å². The standard InChI is InChI=1S/C22H23N5O2/c1-13-8-9-14(2)19(10-13)26-21(29)20-11-15(3)23-22(27-20)25-18-7-5-6-17(12-18)24-16(4)28/h5-12H,1-4H3,(H,24,28)(H,26,29)(H,23,25,27). The van der Waals surface area contributed by atoms with E-state index in [4.69, 9.17) is 0 Å². The van der Waals surface area contributed by atoms with Gasteiger partial charge in [0.25, 0.3) is 5.91 Å². The summed E-state index contributed by atoms with van der Waals surface area (Å²) in [6.07, 6.45) is 0. The average Bonchev–Trinajstić information content (AvgIpc) is 2.64. The highest BCUT2D eigenvalue weighted by molar-refractivity contribution is 6.03. The van der Waals surface area contributed by atoms with E-state index in [9.17, 15) is 9.59 Å². The van der Waals surface area contributed by atoms with Gasteiger partial charge in [-0.05, 0) is 62.2 Å². The van der Waals surface area contributed by atoms with Crippen LogP contribution in [0.3, 0.4) is 0 Å². The molecule has 3 rings (SSSR count). The molecule has 3 aromatic rings. The number of hydrogen-bond donors (Lipinski definition) is 3. The highest BCUT2D eigenvalue weighted by Gasteiger charge is 2.13. The van der Waals surface area contributed by atoms with E-state index in [1.54, 1.807) is 31.2 Å². The Labute approximate surface area is 169 Å². The van der Waals surface area contributed by atoms with Crippen molar-refractivity contribution in [2.75, 3.05) is 16.0 Å². The van der Waals surface area contributed by atoms with Crippen molar-refractivity contribution in [3.8, 4) is 0 Å². The Hall–Kier alpha value is -3.74. The topological polar surface area (TPSA) is 96.0 Å². The van der Waals surface area contributed by atoms with Gasteiger partial charge in [-0.15, -0.1) is 0 Å². The number of aryl methyl sites for hydroxylation is 3. The number of amides is 2. The van der Waals surface area contributed by atoms with Crippen LogP contribution in [0.1, 0.15) is 34.2 Å². The van der Waals surface area contributed by atoms with Crippen LogP contribution in [0.5, 0.6) is 0 Å². The van der Waals surface area contributed by atoms with E-state index >= 15 is 0 Å². The molecule has 2 aromatic carbocycles. The summed E-state index contributed by atoms with van der Waals surface area (Å²) in [6, 6.07) is 14.7. The zero-order chi connectivity index (χ0) is 21.0. The molecular formula is C22H23N5O2. The zero-order valence-corrected chi connectivity index (χ0v) is 16.8. The van der Waals surface area contributed by atoms with Crippen LogP contribution in [0, 0.1) is 20.8 Å². The van der Waals surface area contributed by atoms with E-state index in [2.05, 4.69) is 25.9 Å². The van der Waals surface area contributed by atoms with Gasteiger partial charge in [-0.2, -0.15) is 0 Å². The minimum Gasteiger partial charge on any atom is -0.326 e. The summed E-state index contributed by atoms with van der Waals surface area (Å²) in [7, 11) is 0. The number of anilines is 4. The molecule has 1 heterocycles. The molecule has 0 fully saturated rings. The maximum Gasteiger partial charge on any atom is 0.274 e. The Kier molecular flexibility index (Phi) is 5.87. The number of carbonyl (C=O) groups is 2. The lowest BCUT2D eigenvalue weighted by molar-refractivity contribution is -0.114. The largest absolute Gasteiger partial charge is 0.326 e. The summed E-state index contributed by atoms with van der Waals surface area (Å²) in [6.45, 7) is 7.16. The van der Waals surface area contributed by atoms with Crippen molar-refractivity contribution >= 4 is 34.8 Å². The van der Waals surface area contributed by atoms with Gasteiger partial charge >= 0.3 is 0 Å². The maximum atomic E-state index is 12.7. The molecule has 0 aliphatic heterocycles. The Morgan fingerprint density at radius 1 is 0.862 bits per heavy atom. The maximum absolute atomic E-state index is 12.7. The fourth-order valence-electron chi connectivity index (χ4n) is 2.80. The Bertz CT molecular complexity index is 1080. The molecule has 7 nitrogen and oxygen atoms in total. The molecule has 0 radical (unpaired) electrons.